The first kappa shape index (κ1) is 22.3. The molecule has 11 heteroatoms. The molecular weight excluding hydrogens is 454 g/mol. The topological polar surface area (TPSA) is 120 Å². The molecule has 0 bridgehead atoms. The van der Waals surface area contributed by atoms with Crippen molar-refractivity contribution in [1.29, 1.82) is 0 Å². The third-order valence-electron chi connectivity index (χ3n) is 5.17. The molecule has 1 aromatic carbocycles. The number of hydrogen-bond donors (Lipinski definition) is 0. The van der Waals surface area contributed by atoms with E-state index in [1.807, 2.05) is 16.8 Å². The van der Waals surface area contributed by atoms with Gasteiger partial charge in [-0.25, -0.2) is 8.42 Å². The molecule has 2 aromatic heterocycles. The maximum atomic E-state index is 13.2. The predicted octanol–water partition coefficient (Wildman–Crippen LogP) is 3.29. The molecular formula is C21H21N3O6S2. The highest BCUT2D eigenvalue weighted by Gasteiger charge is 2.38. The number of Topliss-reactive ketones (excluding diaryl/α,β-unsaturated/α-hetero) is 1. The summed E-state index contributed by atoms with van der Waals surface area (Å²) in [6, 6.07) is 6.59. The first-order valence-corrected chi connectivity index (χ1v) is 12.4. The van der Waals surface area contributed by atoms with E-state index in [1.54, 1.807) is 0 Å². The average Bonchev–Trinajstić information content (AvgIpc) is 3.49. The molecule has 0 saturated carbocycles. The summed E-state index contributed by atoms with van der Waals surface area (Å²) in [6.07, 6.45) is 1.71. The Balaban J connectivity index is 1.46. The van der Waals surface area contributed by atoms with Crippen LogP contribution in [0, 0.1) is 0 Å². The van der Waals surface area contributed by atoms with Crippen LogP contribution in [0.1, 0.15) is 42.4 Å². The molecule has 0 N–H and O–H groups in total. The number of piperidine rings is 1. The zero-order valence-electron chi connectivity index (χ0n) is 17.3. The molecule has 32 heavy (non-hydrogen) atoms. The zero-order valence-corrected chi connectivity index (χ0v) is 18.9. The van der Waals surface area contributed by atoms with E-state index in [0.717, 1.165) is 5.56 Å². The fourth-order valence-corrected chi connectivity index (χ4v) is 5.75. The lowest BCUT2D eigenvalue weighted by atomic mass is 10.1. The summed E-state index contributed by atoms with van der Waals surface area (Å²) < 4.78 is 38.1. The molecule has 1 fully saturated rings. The van der Waals surface area contributed by atoms with E-state index in [4.69, 9.17) is 9.26 Å². The summed E-state index contributed by atoms with van der Waals surface area (Å²) in [7, 11) is -3.93. The highest BCUT2D eigenvalue weighted by Crippen LogP contribution is 2.27. The monoisotopic (exact) mass is 475 g/mol. The molecule has 0 radical (unpaired) electrons. The number of benzene rings is 1. The van der Waals surface area contributed by atoms with Crippen molar-refractivity contribution in [2.75, 3.05) is 6.54 Å². The minimum Gasteiger partial charge on any atom is -0.456 e. The molecule has 0 aliphatic carbocycles. The van der Waals surface area contributed by atoms with E-state index in [1.165, 1.54) is 46.8 Å². The lowest BCUT2D eigenvalue weighted by Crippen LogP contribution is -2.48. The molecule has 1 saturated heterocycles. The van der Waals surface area contributed by atoms with Crippen molar-refractivity contribution in [2.45, 2.75) is 43.7 Å². The maximum Gasteiger partial charge on any atom is 0.324 e. The number of rotatable bonds is 7. The number of carbonyl (C=O) groups is 2. The Morgan fingerprint density at radius 3 is 2.69 bits per heavy atom. The quantitative estimate of drug-likeness (QED) is 0.377. The van der Waals surface area contributed by atoms with Crippen molar-refractivity contribution in [3.05, 3.63) is 52.5 Å². The first-order valence-electron chi connectivity index (χ1n) is 10.0. The summed E-state index contributed by atoms with van der Waals surface area (Å²) in [5.41, 5.74) is 1.20. The molecule has 3 heterocycles. The van der Waals surface area contributed by atoms with Crippen LogP contribution in [0.5, 0.6) is 0 Å². The minimum atomic E-state index is -3.93. The van der Waals surface area contributed by atoms with Gasteiger partial charge in [0.25, 0.3) is 5.89 Å². The summed E-state index contributed by atoms with van der Waals surface area (Å²) in [6.45, 7) is 1.40. The van der Waals surface area contributed by atoms with Crippen LogP contribution in [-0.4, -0.2) is 47.2 Å². The molecule has 168 valence electrons. The van der Waals surface area contributed by atoms with Gasteiger partial charge in [0.1, 0.15) is 6.04 Å². The van der Waals surface area contributed by atoms with Gasteiger partial charge in [-0.05, 0) is 49.8 Å². The van der Waals surface area contributed by atoms with Gasteiger partial charge in [0.15, 0.2) is 12.4 Å². The molecule has 1 unspecified atom stereocenters. The number of carbonyl (C=O) groups excluding carboxylic acids is 2. The van der Waals surface area contributed by atoms with Crippen molar-refractivity contribution in [3.8, 4) is 11.5 Å². The van der Waals surface area contributed by atoms with E-state index in [-0.39, 0.29) is 29.7 Å². The van der Waals surface area contributed by atoms with Crippen LogP contribution in [0.25, 0.3) is 11.5 Å². The van der Waals surface area contributed by atoms with Gasteiger partial charge >= 0.3 is 5.97 Å². The zero-order chi connectivity index (χ0) is 22.7. The highest BCUT2D eigenvalue weighted by molar-refractivity contribution is 7.89. The maximum absolute atomic E-state index is 13.2. The number of thiophene rings is 1. The van der Waals surface area contributed by atoms with Crippen molar-refractivity contribution in [3.63, 3.8) is 0 Å². The van der Waals surface area contributed by atoms with Crippen LogP contribution in [0.15, 0.2) is 50.5 Å². The van der Waals surface area contributed by atoms with E-state index < -0.39 is 22.0 Å². The molecule has 1 atom stereocenters. The van der Waals surface area contributed by atoms with Gasteiger partial charge in [-0.3, -0.25) is 9.59 Å². The number of aromatic nitrogens is 2. The van der Waals surface area contributed by atoms with Gasteiger partial charge in [0, 0.05) is 17.5 Å². The van der Waals surface area contributed by atoms with Gasteiger partial charge in [-0.15, -0.1) is 0 Å². The molecule has 1 aliphatic heterocycles. The number of ether oxygens (including phenoxy) is 1. The summed E-state index contributed by atoms with van der Waals surface area (Å²) in [5.74, 6) is -0.287. The lowest BCUT2D eigenvalue weighted by molar-refractivity contribution is -0.150. The second-order valence-corrected chi connectivity index (χ2v) is 10.0. The van der Waals surface area contributed by atoms with Crippen LogP contribution in [0.2, 0.25) is 0 Å². The fraction of sp³-hybridized carbons (Fsp3) is 0.333. The van der Waals surface area contributed by atoms with Gasteiger partial charge in [-0.1, -0.05) is 17.3 Å². The molecule has 0 spiro atoms. The number of esters is 1. The van der Waals surface area contributed by atoms with Crippen molar-refractivity contribution >= 4 is 33.1 Å². The Kier molecular flexibility index (Phi) is 6.49. The Bertz CT molecular complexity index is 1200. The molecule has 9 nitrogen and oxygen atoms in total. The SMILES string of the molecule is CC(=O)c1ccc(S(=O)(=O)N2CCCCC2C(=O)OCc2noc(-c3ccsc3)n2)cc1. The van der Waals surface area contributed by atoms with Crippen molar-refractivity contribution in [2.24, 2.45) is 0 Å². The second kappa shape index (κ2) is 9.31. The second-order valence-electron chi connectivity index (χ2n) is 7.34. The van der Waals surface area contributed by atoms with Crippen LogP contribution < -0.4 is 0 Å². The van der Waals surface area contributed by atoms with Gasteiger partial charge < -0.3 is 9.26 Å². The molecule has 0 amide bonds. The standard InChI is InChI=1S/C21H21N3O6S2/c1-14(25)15-5-7-17(8-6-15)32(27,28)24-10-3-2-4-18(24)21(26)29-12-19-22-20(30-23-19)16-9-11-31-13-16/h5-9,11,13,18H,2-4,10,12H2,1H3. The Labute approximate surface area is 189 Å². The van der Waals surface area contributed by atoms with E-state index in [0.29, 0.717) is 30.7 Å². The van der Waals surface area contributed by atoms with Gasteiger partial charge in [0.05, 0.1) is 10.5 Å². The van der Waals surface area contributed by atoms with Crippen LogP contribution in [0.3, 0.4) is 0 Å². The smallest absolute Gasteiger partial charge is 0.324 e. The van der Waals surface area contributed by atoms with Crippen LogP contribution >= 0.6 is 11.3 Å². The number of sulfonamides is 1. The Morgan fingerprint density at radius 2 is 2.00 bits per heavy atom. The third kappa shape index (κ3) is 4.64. The third-order valence-corrected chi connectivity index (χ3v) is 7.78. The summed E-state index contributed by atoms with van der Waals surface area (Å²) in [5, 5.41) is 7.55. The number of nitrogens with zero attached hydrogens (tertiary/aromatic N) is 3. The van der Waals surface area contributed by atoms with E-state index in [2.05, 4.69) is 10.1 Å². The highest BCUT2D eigenvalue weighted by atomic mass is 32.2. The number of ketones is 1. The summed E-state index contributed by atoms with van der Waals surface area (Å²) in [4.78, 5) is 28.5. The molecule has 3 aromatic rings. The predicted molar refractivity (Wildman–Crippen MR) is 115 cm³/mol. The molecule has 1 aliphatic rings. The summed E-state index contributed by atoms with van der Waals surface area (Å²) >= 11 is 1.49. The minimum absolute atomic E-state index is 0.0285. The average molecular weight is 476 g/mol. The fourth-order valence-electron chi connectivity index (χ4n) is 3.47. The van der Waals surface area contributed by atoms with E-state index in [9.17, 15) is 18.0 Å². The Morgan fingerprint density at radius 1 is 1.22 bits per heavy atom. The Hall–Kier alpha value is -2.89. The number of hydrogen-bond acceptors (Lipinski definition) is 9. The van der Waals surface area contributed by atoms with Crippen LogP contribution in [0.4, 0.5) is 0 Å². The molecule has 4 rings (SSSR count). The van der Waals surface area contributed by atoms with Crippen LogP contribution in [-0.2, 0) is 26.2 Å². The van der Waals surface area contributed by atoms with E-state index >= 15 is 0 Å². The van der Waals surface area contributed by atoms with Gasteiger partial charge in [-0.2, -0.15) is 20.6 Å². The normalized spacial score (nSPS) is 17.2. The first-order chi connectivity index (χ1) is 15.4. The lowest BCUT2D eigenvalue weighted by Gasteiger charge is -2.32. The van der Waals surface area contributed by atoms with Crippen molar-refractivity contribution in [1.82, 2.24) is 14.4 Å². The van der Waals surface area contributed by atoms with Gasteiger partial charge in [0.2, 0.25) is 15.8 Å². The van der Waals surface area contributed by atoms with Crippen molar-refractivity contribution < 1.29 is 27.3 Å². The largest absolute Gasteiger partial charge is 0.456 e.